The van der Waals surface area contributed by atoms with Crippen molar-refractivity contribution in [3.63, 3.8) is 0 Å². The zero-order valence-electron chi connectivity index (χ0n) is 15.4. The molecule has 27 heavy (non-hydrogen) atoms. The summed E-state index contributed by atoms with van der Waals surface area (Å²) in [7, 11) is 0. The highest BCUT2D eigenvalue weighted by molar-refractivity contribution is 5.92. The van der Waals surface area contributed by atoms with E-state index < -0.39 is 11.7 Å². The van der Waals surface area contributed by atoms with Crippen molar-refractivity contribution in [2.45, 2.75) is 39.2 Å². The van der Waals surface area contributed by atoms with E-state index >= 15 is 0 Å². The third kappa shape index (κ3) is 4.47. The van der Waals surface area contributed by atoms with E-state index in [-0.39, 0.29) is 17.6 Å². The molecule has 0 radical (unpaired) electrons. The van der Waals surface area contributed by atoms with Crippen molar-refractivity contribution in [3.8, 4) is 0 Å². The Bertz CT molecular complexity index is 825. The average Bonchev–Trinajstić information content (AvgIpc) is 3.07. The van der Waals surface area contributed by atoms with E-state index in [2.05, 4.69) is 15.1 Å². The maximum absolute atomic E-state index is 13.9. The summed E-state index contributed by atoms with van der Waals surface area (Å²) in [5.74, 6) is -0.154. The average molecular weight is 375 g/mol. The Kier molecular flexibility index (Phi) is 5.78. The molecule has 0 saturated carbocycles. The highest BCUT2D eigenvalue weighted by Crippen LogP contribution is 2.19. The number of aryl methyl sites for hydroxylation is 1. The fourth-order valence-corrected chi connectivity index (χ4v) is 3.35. The largest absolute Gasteiger partial charge is 0.340 e. The molecule has 1 fully saturated rings. The predicted molar refractivity (Wildman–Crippen MR) is 93.2 cm³/mol. The molecule has 0 aliphatic carbocycles. The SMILES string of the molecule is CC(=O)N(CCc1noc(C)n1)C1CCCN(C(=O)c2ncccc2F)C1. The first-order chi connectivity index (χ1) is 13.0. The molecule has 1 atom stereocenters. The topological polar surface area (TPSA) is 92.4 Å². The van der Waals surface area contributed by atoms with Gasteiger partial charge in [-0.05, 0) is 25.0 Å². The van der Waals surface area contributed by atoms with E-state index in [4.69, 9.17) is 4.52 Å². The van der Waals surface area contributed by atoms with Gasteiger partial charge in [-0.3, -0.25) is 9.59 Å². The second-order valence-corrected chi connectivity index (χ2v) is 6.57. The molecule has 0 aromatic carbocycles. The van der Waals surface area contributed by atoms with Crippen molar-refractivity contribution < 1.29 is 18.5 Å². The normalized spacial score (nSPS) is 17.0. The van der Waals surface area contributed by atoms with Gasteiger partial charge < -0.3 is 14.3 Å². The number of pyridine rings is 1. The van der Waals surface area contributed by atoms with Crippen LogP contribution in [0.1, 0.15) is 42.0 Å². The fourth-order valence-electron chi connectivity index (χ4n) is 3.35. The molecule has 144 valence electrons. The highest BCUT2D eigenvalue weighted by Gasteiger charge is 2.31. The molecular formula is C18H22FN5O3. The molecule has 2 amide bonds. The van der Waals surface area contributed by atoms with Gasteiger partial charge in [0, 0.05) is 52.1 Å². The first kappa shape index (κ1) is 18.9. The van der Waals surface area contributed by atoms with Gasteiger partial charge in [-0.2, -0.15) is 4.98 Å². The number of rotatable bonds is 5. The second-order valence-electron chi connectivity index (χ2n) is 6.57. The molecule has 1 aliphatic rings. The molecule has 3 heterocycles. The van der Waals surface area contributed by atoms with Crippen LogP contribution in [0.15, 0.2) is 22.9 Å². The number of hydrogen-bond donors (Lipinski definition) is 0. The smallest absolute Gasteiger partial charge is 0.275 e. The molecule has 8 nitrogen and oxygen atoms in total. The first-order valence-corrected chi connectivity index (χ1v) is 8.92. The van der Waals surface area contributed by atoms with Gasteiger partial charge in [0.2, 0.25) is 11.8 Å². The summed E-state index contributed by atoms with van der Waals surface area (Å²) >= 11 is 0. The monoisotopic (exact) mass is 375 g/mol. The molecule has 0 N–H and O–H groups in total. The van der Waals surface area contributed by atoms with Crippen molar-refractivity contribution in [3.05, 3.63) is 41.6 Å². The van der Waals surface area contributed by atoms with Crippen LogP contribution in [0.2, 0.25) is 0 Å². The summed E-state index contributed by atoms with van der Waals surface area (Å²) in [6.45, 7) is 4.50. The van der Waals surface area contributed by atoms with Crippen LogP contribution in [0.25, 0.3) is 0 Å². The van der Waals surface area contributed by atoms with Crippen LogP contribution < -0.4 is 0 Å². The molecule has 1 aliphatic heterocycles. The zero-order chi connectivity index (χ0) is 19.4. The van der Waals surface area contributed by atoms with Crippen LogP contribution in [0.3, 0.4) is 0 Å². The van der Waals surface area contributed by atoms with Crippen LogP contribution in [-0.2, 0) is 11.2 Å². The third-order valence-corrected chi connectivity index (χ3v) is 4.64. The van der Waals surface area contributed by atoms with E-state index in [0.717, 1.165) is 12.8 Å². The van der Waals surface area contributed by atoms with Crippen LogP contribution in [0, 0.1) is 12.7 Å². The van der Waals surface area contributed by atoms with E-state index in [1.165, 1.54) is 25.3 Å². The molecule has 3 rings (SSSR count). The Morgan fingerprint density at radius 1 is 1.44 bits per heavy atom. The number of nitrogens with zero attached hydrogens (tertiary/aromatic N) is 5. The predicted octanol–water partition coefficient (Wildman–Crippen LogP) is 1.61. The number of halogens is 1. The van der Waals surface area contributed by atoms with Gasteiger partial charge >= 0.3 is 0 Å². The number of hydrogen-bond acceptors (Lipinski definition) is 6. The van der Waals surface area contributed by atoms with Crippen LogP contribution in [-0.4, -0.2) is 62.4 Å². The van der Waals surface area contributed by atoms with Gasteiger partial charge in [0.25, 0.3) is 5.91 Å². The van der Waals surface area contributed by atoms with Crippen molar-refractivity contribution in [2.75, 3.05) is 19.6 Å². The first-order valence-electron chi connectivity index (χ1n) is 8.92. The van der Waals surface area contributed by atoms with Gasteiger partial charge in [-0.1, -0.05) is 5.16 Å². The number of aromatic nitrogens is 3. The molecule has 1 unspecified atom stereocenters. The van der Waals surface area contributed by atoms with Crippen LogP contribution >= 0.6 is 0 Å². The number of piperidine rings is 1. The Labute approximate surface area is 156 Å². The summed E-state index contributed by atoms with van der Waals surface area (Å²) in [4.78, 5) is 36.1. The van der Waals surface area contributed by atoms with E-state index in [0.29, 0.717) is 37.8 Å². The summed E-state index contributed by atoms with van der Waals surface area (Å²) in [5, 5.41) is 3.85. The minimum absolute atomic E-state index is 0.0847. The van der Waals surface area contributed by atoms with Gasteiger partial charge in [-0.15, -0.1) is 0 Å². The summed E-state index contributed by atoms with van der Waals surface area (Å²) in [6.07, 6.45) is 3.37. The molecule has 0 bridgehead atoms. The quantitative estimate of drug-likeness (QED) is 0.788. The minimum Gasteiger partial charge on any atom is -0.340 e. The molecule has 2 aromatic rings. The van der Waals surface area contributed by atoms with Crippen molar-refractivity contribution >= 4 is 11.8 Å². The Balaban J connectivity index is 1.68. The van der Waals surface area contributed by atoms with Crippen molar-refractivity contribution in [2.24, 2.45) is 0 Å². The van der Waals surface area contributed by atoms with Crippen LogP contribution in [0.5, 0.6) is 0 Å². The van der Waals surface area contributed by atoms with Crippen LogP contribution in [0.4, 0.5) is 4.39 Å². The second kappa shape index (κ2) is 8.24. The lowest BCUT2D eigenvalue weighted by molar-refractivity contribution is -0.132. The minimum atomic E-state index is -0.638. The number of carbonyl (C=O) groups excluding carboxylic acids is 2. The molecular weight excluding hydrogens is 353 g/mol. The van der Waals surface area contributed by atoms with E-state index in [1.54, 1.807) is 16.7 Å². The third-order valence-electron chi connectivity index (χ3n) is 4.64. The lowest BCUT2D eigenvalue weighted by Crippen LogP contribution is -2.52. The highest BCUT2D eigenvalue weighted by atomic mass is 19.1. The van der Waals surface area contributed by atoms with E-state index in [1.807, 2.05) is 0 Å². The maximum Gasteiger partial charge on any atom is 0.275 e. The van der Waals surface area contributed by atoms with Gasteiger partial charge in [0.1, 0.15) is 0 Å². The zero-order valence-corrected chi connectivity index (χ0v) is 15.4. The van der Waals surface area contributed by atoms with Gasteiger partial charge in [0.15, 0.2) is 17.3 Å². The Morgan fingerprint density at radius 3 is 2.93 bits per heavy atom. The molecule has 1 saturated heterocycles. The summed E-state index contributed by atoms with van der Waals surface area (Å²) < 4.78 is 18.8. The number of likely N-dealkylation sites (tertiary alicyclic amines) is 1. The maximum atomic E-state index is 13.9. The molecule has 9 heteroatoms. The lowest BCUT2D eigenvalue weighted by atomic mass is 10.0. The molecule has 2 aromatic heterocycles. The lowest BCUT2D eigenvalue weighted by Gasteiger charge is -2.38. The molecule has 0 spiro atoms. The number of amides is 2. The van der Waals surface area contributed by atoms with Crippen molar-refractivity contribution in [1.29, 1.82) is 0 Å². The van der Waals surface area contributed by atoms with E-state index in [9.17, 15) is 14.0 Å². The summed E-state index contributed by atoms with van der Waals surface area (Å²) in [6, 6.07) is 2.53. The Hall–Kier alpha value is -2.84. The summed E-state index contributed by atoms with van der Waals surface area (Å²) in [5.41, 5.74) is -0.185. The number of carbonyl (C=O) groups is 2. The van der Waals surface area contributed by atoms with Crippen molar-refractivity contribution in [1.82, 2.24) is 24.9 Å². The fraction of sp³-hybridized carbons (Fsp3) is 0.500. The van der Waals surface area contributed by atoms with Gasteiger partial charge in [0.05, 0.1) is 0 Å². The van der Waals surface area contributed by atoms with Gasteiger partial charge in [-0.25, -0.2) is 9.37 Å². The standard InChI is InChI=1S/C18H22FN5O3/c1-12-21-16(22-27-12)7-10-24(13(2)25)14-5-4-9-23(11-14)18(26)17-15(19)6-3-8-20-17/h3,6,8,14H,4-5,7,9-11H2,1-2H3. The Morgan fingerprint density at radius 2 is 2.26 bits per heavy atom.